The molecule has 3 N–H and O–H groups in total. The van der Waals surface area contributed by atoms with E-state index in [1.807, 2.05) is 6.08 Å². The molecule has 2 atom stereocenters. The van der Waals surface area contributed by atoms with Crippen molar-refractivity contribution in [2.75, 3.05) is 6.61 Å². The van der Waals surface area contributed by atoms with Crippen molar-refractivity contribution in [1.82, 2.24) is 5.32 Å². The van der Waals surface area contributed by atoms with Crippen LogP contribution >= 0.6 is 0 Å². The Balaban J connectivity index is 3.51. The van der Waals surface area contributed by atoms with E-state index in [4.69, 9.17) is 0 Å². The lowest BCUT2D eigenvalue weighted by Gasteiger charge is -2.19. The van der Waals surface area contributed by atoms with Crippen molar-refractivity contribution in [2.45, 2.75) is 283 Å². The maximum Gasteiger partial charge on any atom is 0.220 e. The molecule has 1 amide bonds. The number of aliphatic hydroxyl groups is 2. The molecular formula is C52H99NO3. The van der Waals surface area contributed by atoms with Crippen molar-refractivity contribution in [3.8, 4) is 0 Å². The Morgan fingerprint density at radius 1 is 0.411 bits per heavy atom. The van der Waals surface area contributed by atoms with E-state index >= 15 is 0 Å². The summed E-state index contributed by atoms with van der Waals surface area (Å²) >= 11 is 0. The molecule has 330 valence electrons. The third-order valence-electron chi connectivity index (χ3n) is 11.6. The Kier molecular flexibility index (Phi) is 46.8. The van der Waals surface area contributed by atoms with E-state index in [0.717, 1.165) is 38.5 Å². The standard InChI is InChI=1S/C52H99NO3/c1-3-5-7-9-11-13-15-17-18-19-20-21-22-23-24-25-26-27-28-29-30-31-32-33-34-35-36-37-39-41-43-45-47-51(55)50(49-54)53-52(56)48-46-44-42-40-38-16-14-12-10-8-6-4-2/h33-34,37,39,45,47,50-51,54-55H,3-32,35-36,38,40-44,46,48-49H2,1-2H3,(H,53,56)/b34-33+,39-37+,47-45+. The minimum absolute atomic E-state index is 0.0772. The third-order valence-corrected chi connectivity index (χ3v) is 11.6. The molecular weight excluding hydrogens is 687 g/mol. The Labute approximate surface area is 351 Å². The smallest absolute Gasteiger partial charge is 0.220 e. The summed E-state index contributed by atoms with van der Waals surface area (Å²) < 4.78 is 0. The van der Waals surface area contributed by atoms with Crippen LogP contribution in [0.3, 0.4) is 0 Å². The molecule has 0 aromatic carbocycles. The SMILES string of the molecule is CCCCCCCCCCCCCCCCCCCCCCCC/C=C/CC/C=C/CC/C=C/C(O)C(CO)NC(=O)CCCCCCCCCCCCCC. The normalized spacial score (nSPS) is 13.1. The highest BCUT2D eigenvalue weighted by atomic mass is 16.3. The predicted molar refractivity (Wildman–Crippen MR) is 248 cm³/mol. The van der Waals surface area contributed by atoms with Crippen LogP contribution in [0.15, 0.2) is 36.5 Å². The Morgan fingerprint density at radius 3 is 1.04 bits per heavy atom. The van der Waals surface area contributed by atoms with Crippen molar-refractivity contribution in [3.05, 3.63) is 36.5 Å². The molecule has 0 saturated carbocycles. The lowest BCUT2D eigenvalue weighted by atomic mass is 10.0. The van der Waals surface area contributed by atoms with Crippen molar-refractivity contribution < 1.29 is 15.0 Å². The minimum atomic E-state index is -0.867. The van der Waals surface area contributed by atoms with E-state index in [2.05, 4.69) is 43.5 Å². The van der Waals surface area contributed by atoms with Crippen LogP contribution in [0.25, 0.3) is 0 Å². The van der Waals surface area contributed by atoms with Gasteiger partial charge in [0.2, 0.25) is 5.91 Å². The number of rotatable bonds is 46. The number of unbranched alkanes of at least 4 members (excludes halogenated alkanes) is 35. The number of nitrogens with one attached hydrogen (secondary N) is 1. The highest BCUT2D eigenvalue weighted by Gasteiger charge is 2.17. The first kappa shape index (κ1) is 54.6. The van der Waals surface area contributed by atoms with Gasteiger partial charge in [-0.1, -0.05) is 256 Å². The summed E-state index contributed by atoms with van der Waals surface area (Å²) in [5.41, 5.74) is 0. The van der Waals surface area contributed by atoms with Crippen molar-refractivity contribution >= 4 is 5.91 Å². The number of hydrogen-bond acceptors (Lipinski definition) is 3. The molecule has 0 aromatic rings. The summed E-state index contributed by atoms with van der Waals surface area (Å²) in [7, 11) is 0. The van der Waals surface area contributed by atoms with Crippen LogP contribution in [0, 0.1) is 0 Å². The van der Waals surface area contributed by atoms with Crippen LogP contribution in [0.5, 0.6) is 0 Å². The van der Waals surface area contributed by atoms with Crippen LogP contribution in [-0.4, -0.2) is 34.9 Å². The van der Waals surface area contributed by atoms with Gasteiger partial charge in [-0.2, -0.15) is 0 Å². The van der Waals surface area contributed by atoms with Crippen molar-refractivity contribution in [3.63, 3.8) is 0 Å². The molecule has 56 heavy (non-hydrogen) atoms. The van der Waals surface area contributed by atoms with Gasteiger partial charge in [0.25, 0.3) is 0 Å². The van der Waals surface area contributed by atoms with Crippen LogP contribution in [0.4, 0.5) is 0 Å². The lowest BCUT2D eigenvalue weighted by Crippen LogP contribution is -2.45. The zero-order chi connectivity index (χ0) is 40.7. The van der Waals surface area contributed by atoms with E-state index in [-0.39, 0.29) is 12.5 Å². The first-order chi connectivity index (χ1) is 27.7. The quantitative estimate of drug-likeness (QED) is 0.0425. The molecule has 0 aromatic heterocycles. The second kappa shape index (κ2) is 48.0. The Morgan fingerprint density at radius 2 is 0.696 bits per heavy atom. The number of amides is 1. The summed E-state index contributed by atoms with van der Waals surface area (Å²) in [6, 6.07) is -0.642. The largest absolute Gasteiger partial charge is 0.394 e. The van der Waals surface area contributed by atoms with E-state index < -0.39 is 12.1 Å². The molecule has 0 rings (SSSR count). The zero-order valence-corrected chi connectivity index (χ0v) is 37.9. The molecule has 0 heterocycles. The van der Waals surface area contributed by atoms with Crippen LogP contribution < -0.4 is 5.32 Å². The second-order valence-electron chi connectivity index (χ2n) is 17.2. The highest BCUT2D eigenvalue weighted by Crippen LogP contribution is 2.16. The fraction of sp³-hybridized carbons (Fsp3) is 0.865. The number of aliphatic hydroxyl groups excluding tert-OH is 2. The van der Waals surface area contributed by atoms with Crippen LogP contribution in [-0.2, 0) is 4.79 Å². The van der Waals surface area contributed by atoms with Gasteiger partial charge in [0, 0.05) is 6.42 Å². The predicted octanol–water partition coefficient (Wildman–Crippen LogP) is 16.1. The fourth-order valence-corrected chi connectivity index (χ4v) is 7.74. The monoisotopic (exact) mass is 786 g/mol. The fourth-order valence-electron chi connectivity index (χ4n) is 7.74. The number of allylic oxidation sites excluding steroid dienone is 5. The topological polar surface area (TPSA) is 69.6 Å². The average Bonchev–Trinajstić information content (AvgIpc) is 3.20. The number of hydrogen-bond donors (Lipinski definition) is 3. The van der Waals surface area contributed by atoms with Gasteiger partial charge in [-0.25, -0.2) is 0 Å². The van der Waals surface area contributed by atoms with Gasteiger partial charge in [0.05, 0.1) is 18.8 Å². The van der Waals surface area contributed by atoms with Crippen molar-refractivity contribution in [1.29, 1.82) is 0 Å². The summed E-state index contributed by atoms with van der Waals surface area (Å²) in [5, 5.41) is 23.0. The van der Waals surface area contributed by atoms with Gasteiger partial charge in [-0.3, -0.25) is 4.79 Å². The van der Waals surface area contributed by atoms with Crippen molar-refractivity contribution in [2.24, 2.45) is 0 Å². The van der Waals surface area contributed by atoms with Gasteiger partial charge in [0.1, 0.15) is 0 Å². The van der Waals surface area contributed by atoms with Gasteiger partial charge in [0.15, 0.2) is 0 Å². The van der Waals surface area contributed by atoms with E-state index in [1.165, 1.54) is 212 Å². The van der Waals surface area contributed by atoms with E-state index in [0.29, 0.717) is 6.42 Å². The van der Waals surface area contributed by atoms with Gasteiger partial charge >= 0.3 is 0 Å². The number of carbonyl (C=O) groups excluding carboxylic acids is 1. The minimum Gasteiger partial charge on any atom is -0.394 e. The van der Waals surface area contributed by atoms with E-state index in [9.17, 15) is 15.0 Å². The molecule has 0 bridgehead atoms. The zero-order valence-electron chi connectivity index (χ0n) is 37.9. The first-order valence-corrected chi connectivity index (χ1v) is 25.2. The summed E-state index contributed by atoms with van der Waals surface area (Å²) in [6.07, 6.45) is 64.4. The molecule has 4 nitrogen and oxygen atoms in total. The van der Waals surface area contributed by atoms with Gasteiger partial charge < -0.3 is 15.5 Å². The molecule has 0 aliphatic rings. The van der Waals surface area contributed by atoms with Crippen LogP contribution in [0.2, 0.25) is 0 Å². The summed E-state index contributed by atoms with van der Waals surface area (Å²) in [5.74, 6) is -0.0772. The molecule has 0 saturated heterocycles. The molecule has 0 radical (unpaired) electrons. The van der Waals surface area contributed by atoms with Gasteiger partial charge in [-0.05, 0) is 44.9 Å². The molecule has 0 fully saturated rings. The Hall–Kier alpha value is -1.39. The molecule has 0 aliphatic carbocycles. The maximum absolute atomic E-state index is 12.3. The number of carbonyl (C=O) groups is 1. The first-order valence-electron chi connectivity index (χ1n) is 25.2. The Bertz CT molecular complexity index is 851. The summed E-state index contributed by atoms with van der Waals surface area (Å²) in [6.45, 7) is 4.30. The maximum atomic E-state index is 12.3. The summed E-state index contributed by atoms with van der Waals surface area (Å²) in [4.78, 5) is 12.3. The molecule has 4 heteroatoms. The molecule has 0 spiro atoms. The highest BCUT2D eigenvalue weighted by molar-refractivity contribution is 5.76. The molecule has 0 aliphatic heterocycles. The van der Waals surface area contributed by atoms with Gasteiger partial charge in [-0.15, -0.1) is 0 Å². The van der Waals surface area contributed by atoms with E-state index in [1.54, 1.807) is 6.08 Å². The second-order valence-corrected chi connectivity index (χ2v) is 17.2. The molecule has 2 unspecified atom stereocenters. The average molecular weight is 786 g/mol. The van der Waals surface area contributed by atoms with Crippen LogP contribution in [0.1, 0.15) is 271 Å². The lowest BCUT2D eigenvalue weighted by molar-refractivity contribution is -0.123. The third kappa shape index (κ3) is 43.7.